The molecule has 0 fully saturated rings. The second kappa shape index (κ2) is 8.84. The topological polar surface area (TPSA) is 12.0 Å². The van der Waals surface area contributed by atoms with Crippen LogP contribution in [0, 0.1) is 0 Å². The predicted octanol–water partition coefficient (Wildman–Crippen LogP) is 4.73. The lowest BCUT2D eigenvalue weighted by atomic mass is 10.2. The van der Waals surface area contributed by atoms with Crippen molar-refractivity contribution < 1.29 is 0 Å². The van der Waals surface area contributed by atoms with Gasteiger partial charge < -0.3 is 5.32 Å². The molecule has 0 bridgehead atoms. The molecule has 1 aromatic rings. The zero-order valence-electron chi connectivity index (χ0n) is 10.8. The summed E-state index contributed by atoms with van der Waals surface area (Å²) in [4.78, 5) is 1.33. The third-order valence-electron chi connectivity index (χ3n) is 2.60. The van der Waals surface area contributed by atoms with Gasteiger partial charge in [0.05, 0.1) is 0 Å². The van der Waals surface area contributed by atoms with Crippen LogP contribution in [0.25, 0.3) is 0 Å². The van der Waals surface area contributed by atoms with Crippen molar-refractivity contribution in [1.82, 2.24) is 5.32 Å². The van der Waals surface area contributed by atoms with Gasteiger partial charge in [0, 0.05) is 16.5 Å². The van der Waals surface area contributed by atoms with Gasteiger partial charge in [0.25, 0.3) is 0 Å². The Hall–Kier alpha value is -0.180. The minimum absolute atomic E-state index is 0.836. The molecule has 1 aromatic carbocycles. The highest BCUT2D eigenvalue weighted by atomic mass is 35.5. The van der Waals surface area contributed by atoms with E-state index in [9.17, 15) is 0 Å². The molecule has 3 heteroatoms. The average molecular weight is 272 g/mol. The number of rotatable bonds is 8. The van der Waals surface area contributed by atoms with Crippen LogP contribution in [-0.4, -0.2) is 12.3 Å². The fourth-order valence-electron chi connectivity index (χ4n) is 1.60. The molecule has 17 heavy (non-hydrogen) atoms. The van der Waals surface area contributed by atoms with Gasteiger partial charge >= 0.3 is 0 Å². The highest BCUT2D eigenvalue weighted by molar-refractivity contribution is 7.99. The van der Waals surface area contributed by atoms with Crippen molar-refractivity contribution in [2.75, 3.05) is 12.3 Å². The lowest BCUT2D eigenvalue weighted by Gasteiger charge is -2.10. The molecular weight excluding hydrogens is 250 g/mol. The van der Waals surface area contributed by atoms with Crippen molar-refractivity contribution in [3.63, 3.8) is 0 Å². The van der Waals surface area contributed by atoms with E-state index in [0.717, 1.165) is 18.1 Å². The highest BCUT2D eigenvalue weighted by Crippen LogP contribution is 2.27. The first-order valence-corrected chi connectivity index (χ1v) is 7.76. The van der Waals surface area contributed by atoms with Crippen molar-refractivity contribution in [3.8, 4) is 0 Å². The Kier molecular flexibility index (Phi) is 7.74. The Balaban J connectivity index is 2.56. The molecule has 1 rings (SSSR count). The summed E-state index contributed by atoms with van der Waals surface area (Å²) >= 11 is 7.98. The number of hydrogen-bond acceptors (Lipinski definition) is 2. The van der Waals surface area contributed by atoms with E-state index in [4.69, 9.17) is 11.6 Å². The fraction of sp³-hybridized carbons (Fsp3) is 0.571. The lowest BCUT2D eigenvalue weighted by Crippen LogP contribution is -2.12. The predicted molar refractivity (Wildman–Crippen MR) is 79.1 cm³/mol. The quantitative estimate of drug-likeness (QED) is 0.542. The van der Waals surface area contributed by atoms with Gasteiger partial charge in [0.1, 0.15) is 0 Å². The van der Waals surface area contributed by atoms with E-state index in [2.05, 4.69) is 31.3 Å². The molecule has 0 radical (unpaired) electrons. The molecule has 0 aromatic heterocycles. The van der Waals surface area contributed by atoms with Crippen LogP contribution in [0.5, 0.6) is 0 Å². The number of hydrogen-bond donors (Lipinski definition) is 1. The summed E-state index contributed by atoms with van der Waals surface area (Å²) in [6, 6.07) is 6.20. The first-order valence-electron chi connectivity index (χ1n) is 6.39. The Labute approximate surface area is 114 Å². The first-order chi connectivity index (χ1) is 8.27. The zero-order chi connectivity index (χ0) is 12.5. The van der Waals surface area contributed by atoms with Crippen LogP contribution in [0.3, 0.4) is 0 Å². The van der Waals surface area contributed by atoms with E-state index < -0.39 is 0 Å². The van der Waals surface area contributed by atoms with Crippen LogP contribution in [0.2, 0.25) is 5.02 Å². The summed E-state index contributed by atoms with van der Waals surface area (Å²) in [6.07, 6.45) is 3.88. The number of unbranched alkanes of at least 4 members (excludes halogenated alkanes) is 2. The summed E-state index contributed by atoms with van der Waals surface area (Å²) in [7, 11) is 0. The average Bonchev–Trinajstić information content (AvgIpc) is 2.33. The summed E-state index contributed by atoms with van der Waals surface area (Å²) in [6.45, 7) is 6.30. The number of nitrogens with one attached hydrogen (secondary N) is 1. The summed E-state index contributed by atoms with van der Waals surface area (Å²) in [5, 5.41) is 4.21. The van der Waals surface area contributed by atoms with Gasteiger partial charge in [-0.1, -0.05) is 44.4 Å². The molecule has 0 spiro atoms. The minimum Gasteiger partial charge on any atom is -0.313 e. The van der Waals surface area contributed by atoms with E-state index in [1.165, 1.54) is 35.5 Å². The van der Waals surface area contributed by atoms with E-state index >= 15 is 0 Å². The Morgan fingerprint density at radius 1 is 1.24 bits per heavy atom. The van der Waals surface area contributed by atoms with Crippen LogP contribution >= 0.6 is 23.4 Å². The fourth-order valence-corrected chi connectivity index (χ4v) is 2.94. The number of thioether (sulfide) groups is 1. The maximum atomic E-state index is 6.06. The van der Waals surface area contributed by atoms with Gasteiger partial charge in [-0.15, -0.1) is 11.8 Å². The van der Waals surface area contributed by atoms with Crippen LogP contribution < -0.4 is 5.32 Å². The van der Waals surface area contributed by atoms with Gasteiger partial charge in [0.15, 0.2) is 0 Å². The second-order valence-electron chi connectivity index (χ2n) is 4.09. The highest BCUT2D eigenvalue weighted by Gasteiger charge is 2.03. The molecular formula is C14H22ClNS. The molecule has 1 nitrogen and oxygen atoms in total. The van der Waals surface area contributed by atoms with Crippen LogP contribution in [0.4, 0.5) is 0 Å². The van der Waals surface area contributed by atoms with Crippen molar-refractivity contribution in [2.45, 2.75) is 44.6 Å². The van der Waals surface area contributed by atoms with Crippen LogP contribution in [0.1, 0.15) is 38.7 Å². The van der Waals surface area contributed by atoms with Crippen molar-refractivity contribution in [3.05, 3.63) is 28.8 Å². The molecule has 0 atom stereocenters. The molecule has 1 N–H and O–H groups in total. The second-order valence-corrected chi connectivity index (χ2v) is 5.66. The van der Waals surface area contributed by atoms with E-state index in [1.807, 2.05) is 17.8 Å². The minimum atomic E-state index is 0.836. The normalized spacial score (nSPS) is 10.8. The van der Waals surface area contributed by atoms with Gasteiger partial charge in [-0.25, -0.2) is 0 Å². The first kappa shape index (κ1) is 14.9. The molecule has 0 saturated heterocycles. The molecule has 0 heterocycles. The van der Waals surface area contributed by atoms with Crippen molar-refractivity contribution in [1.29, 1.82) is 0 Å². The maximum Gasteiger partial charge on any atom is 0.0417 e. The van der Waals surface area contributed by atoms with Crippen molar-refractivity contribution in [2.24, 2.45) is 0 Å². The van der Waals surface area contributed by atoms with Gasteiger partial charge in [0.2, 0.25) is 0 Å². The number of benzene rings is 1. The summed E-state index contributed by atoms with van der Waals surface area (Å²) in [5.41, 5.74) is 1.36. The lowest BCUT2D eigenvalue weighted by molar-refractivity contribution is 0.717. The molecule has 0 aliphatic carbocycles. The monoisotopic (exact) mass is 271 g/mol. The molecule has 0 aliphatic heterocycles. The molecule has 0 amide bonds. The maximum absolute atomic E-state index is 6.06. The summed E-state index contributed by atoms with van der Waals surface area (Å²) < 4.78 is 0. The Bertz CT molecular complexity index is 328. The smallest absolute Gasteiger partial charge is 0.0417 e. The van der Waals surface area contributed by atoms with E-state index in [0.29, 0.717) is 0 Å². The molecule has 0 unspecified atom stereocenters. The Morgan fingerprint density at radius 3 is 2.76 bits per heavy atom. The third-order valence-corrected chi connectivity index (χ3v) is 4.02. The summed E-state index contributed by atoms with van der Waals surface area (Å²) in [5.74, 6) is 1.19. The van der Waals surface area contributed by atoms with Gasteiger partial charge in [-0.3, -0.25) is 0 Å². The third kappa shape index (κ3) is 5.80. The van der Waals surface area contributed by atoms with Gasteiger partial charge in [-0.05, 0) is 36.4 Å². The standard InChI is InChI=1S/C14H22ClNS/c1-3-5-6-9-17-14-10-13(15)8-7-12(14)11-16-4-2/h7-8,10,16H,3-6,9,11H2,1-2H3. The van der Waals surface area contributed by atoms with Gasteiger partial charge in [-0.2, -0.15) is 0 Å². The largest absolute Gasteiger partial charge is 0.313 e. The van der Waals surface area contributed by atoms with Crippen molar-refractivity contribution >= 4 is 23.4 Å². The van der Waals surface area contributed by atoms with E-state index in [-0.39, 0.29) is 0 Å². The zero-order valence-corrected chi connectivity index (χ0v) is 12.3. The van der Waals surface area contributed by atoms with E-state index in [1.54, 1.807) is 0 Å². The van der Waals surface area contributed by atoms with Crippen LogP contribution in [-0.2, 0) is 6.54 Å². The molecule has 0 aliphatic rings. The molecule has 0 saturated carbocycles. The number of halogens is 1. The SMILES string of the molecule is CCCCCSc1cc(Cl)ccc1CNCC. The molecule has 96 valence electrons. The Morgan fingerprint density at radius 2 is 2.06 bits per heavy atom. The van der Waals surface area contributed by atoms with Crippen LogP contribution in [0.15, 0.2) is 23.1 Å².